The summed E-state index contributed by atoms with van der Waals surface area (Å²) in [7, 11) is 0. The van der Waals surface area contributed by atoms with E-state index in [1.807, 2.05) is 12.1 Å². The molecule has 4 heteroatoms. The Bertz CT molecular complexity index is 483. The summed E-state index contributed by atoms with van der Waals surface area (Å²) in [5.74, 6) is 0.770. The molecule has 1 amide bonds. The molecular formula is C15H20N2O2. The van der Waals surface area contributed by atoms with Crippen molar-refractivity contribution in [3.05, 3.63) is 23.8 Å². The summed E-state index contributed by atoms with van der Waals surface area (Å²) in [6, 6.07) is 6.41. The third kappa shape index (κ3) is 2.83. The normalized spacial score (nSPS) is 19.0. The van der Waals surface area contributed by atoms with E-state index in [0.717, 1.165) is 43.7 Å². The highest BCUT2D eigenvalue weighted by Crippen LogP contribution is 2.32. The summed E-state index contributed by atoms with van der Waals surface area (Å²) in [6.07, 6.45) is 3.97. The minimum absolute atomic E-state index is 0.0177. The van der Waals surface area contributed by atoms with E-state index in [1.165, 1.54) is 5.56 Å². The molecule has 0 bridgehead atoms. The Labute approximate surface area is 113 Å². The van der Waals surface area contributed by atoms with Crippen molar-refractivity contribution in [2.75, 3.05) is 11.9 Å². The van der Waals surface area contributed by atoms with Crippen molar-refractivity contribution in [3.8, 4) is 5.75 Å². The molecule has 3 rings (SSSR count). The molecule has 2 N–H and O–H groups in total. The van der Waals surface area contributed by atoms with Gasteiger partial charge in [-0.2, -0.15) is 0 Å². The Morgan fingerprint density at radius 3 is 3.11 bits per heavy atom. The van der Waals surface area contributed by atoms with Gasteiger partial charge in [0.15, 0.2) is 6.10 Å². The summed E-state index contributed by atoms with van der Waals surface area (Å²) in [5, 5.41) is 6.34. The van der Waals surface area contributed by atoms with Crippen LogP contribution in [0.2, 0.25) is 0 Å². The highest BCUT2D eigenvalue weighted by molar-refractivity contribution is 5.81. The molecule has 2 aliphatic rings. The van der Waals surface area contributed by atoms with Crippen molar-refractivity contribution in [2.24, 2.45) is 0 Å². The van der Waals surface area contributed by atoms with Crippen molar-refractivity contribution in [1.29, 1.82) is 0 Å². The number of fused-ring (bicyclic) bond motifs is 1. The molecule has 1 aromatic carbocycles. The van der Waals surface area contributed by atoms with Crippen molar-refractivity contribution in [3.63, 3.8) is 0 Å². The number of aryl methyl sites for hydroxylation is 1. The Hall–Kier alpha value is -1.71. The first-order valence-electron chi connectivity index (χ1n) is 7.07. The summed E-state index contributed by atoms with van der Waals surface area (Å²) in [4.78, 5) is 11.9. The van der Waals surface area contributed by atoms with Crippen LogP contribution in [0.4, 0.5) is 5.69 Å². The van der Waals surface area contributed by atoms with Crippen molar-refractivity contribution in [1.82, 2.24) is 5.32 Å². The lowest BCUT2D eigenvalue weighted by Gasteiger charge is -2.23. The van der Waals surface area contributed by atoms with E-state index in [2.05, 4.69) is 16.7 Å². The van der Waals surface area contributed by atoms with Gasteiger partial charge in [0.2, 0.25) is 0 Å². The van der Waals surface area contributed by atoms with Crippen LogP contribution in [0.1, 0.15) is 31.7 Å². The average molecular weight is 260 g/mol. The van der Waals surface area contributed by atoms with E-state index >= 15 is 0 Å². The van der Waals surface area contributed by atoms with E-state index in [9.17, 15) is 4.79 Å². The summed E-state index contributed by atoms with van der Waals surface area (Å²) in [6.45, 7) is 2.77. The molecule has 1 aliphatic heterocycles. The molecule has 0 radical (unpaired) electrons. The van der Waals surface area contributed by atoms with Crippen molar-refractivity contribution >= 4 is 11.6 Å². The lowest BCUT2D eigenvalue weighted by molar-refractivity contribution is -0.127. The van der Waals surface area contributed by atoms with Gasteiger partial charge in [-0.3, -0.25) is 4.79 Å². The number of benzene rings is 1. The third-order valence-electron chi connectivity index (χ3n) is 3.63. The van der Waals surface area contributed by atoms with Gasteiger partial charge in [0.05, 0.1) is 5.69 Å². The van der Waals surface area contributed by atoms with E-state index in [4.69, 9.17) is 4.74 Å². The van der Waals surface area contributed by atoms with Crippen LogP contribution in [0.3, 0.4) is 0 Å². The van der Waals surface area contributed by atoms with E-state index in [1.54, 1.807) is 6.92 Å². The van der Waals surface area contributed by atoms with Crippen LogP contribution in [0.25, 0.3) is 0 Å². The van der Waals surface area contributed by atoms with Gasteiger partial charge in [-0.15, -0.1) is 0 Å². The maximum absolute atomic E-state index is 11.9. The molecule has 19 heavy (non-hydrogen) atoms. The smallest absolute Gasteiger partial charge is 0.260 e. The molecule has 1 saturated carbocycles. The number of para-hydroxylation sites is 1. The molecule has 0 saturated heterocycles. The SMILES string of the molecule is CC(Oc1cccc2c1NCCC2)C(=O)NC1CC1. The number of rotatable bonds is 4. The molecule has 1 aromatic rings. The highest BCUT2D eigenvalue weighted by Gasteiger charge is 2.27. The first kappa shape index (κ1) is 12.3. The zero-order valence-electron chi connectivity index (χ0n) is 11.2. The Morgan fingerprint density at radius 1 is 1.47 bits per heavy atom. The Balaban J connectivity index is 1.69. The molecule has 1 unspecified atom stereocenters. The van der Waals surface area contributed by atoms with Gasteiger partial charge in [0.1, 0.15) is 5.75 Å². The maximum atomic E-state index is 11.9. The van der Waals surface area contributed by atoms with Crippen LogP contribution in [-0.4, -0.2) is 24.6 Å². The lowest BCUT2D eigenvalue weighted by Crippen LogP contribution is -2.37. The number of anilines is 1. The van der Waals surface area contributed by atoms with Gasteiger partial charge >= 0.3 is 0 Å². The molecule has 1 atom stereocenters. The Kier molecular flexibility index (Phi) is 3.32. The molecule has 102 valence electrons. The molecule has 1 aliphatic carbocycles. The standard InChI is InChI=1S/C15H20N2O2/c1-10(15(18)17-12-7-8-12)19-13-6-2-4-11-5-3-9-16-14(11)13/h2,4,6,10,12,16H,3,5,7-9H2,1H3,(H,17,18). The Morgan fingerprint density at radius 2 is 2.32 bits per heavy atom. The van der Waals surface area contributed by atoms with Gasteiger partial charge in [0, 0.05) is 12.6 Å². The van der Waals surface area contributed by atoms with Crippen LogP contribution in [0, 0.1) is 0 Å². The molecule has 1 fully saturated rings. The summed E-state index contributed by atoms with van der Waals surface area (Å²) in [5.41, 5.74) is 2.33. The van der Waals surface area contributed by atoms with Gasteiger partial charge < -0.3 is 15.4 Å². The number of carbonyl (C=O) groups excluding carboxylic acids is 1. The number of hydrogen-bond acceptors (Lipinski definition) is 3. The number of nitrogens with one attached hydrogen (secondary N) is 2. The van der Waals surface area contributed by atoms with Gasteiger partial charge in [0.25, 0.3) is 5.91 Å². The fourth-order valence-electron chi connectivity index (χ4n) is 2.37. The van der Waals surface area contributed by atoms with Crippen LogP contribution >= 0.6 is 0 Å². The minimum atomic E-state index is -0.448. The number of ether oxygens (including phenoxy) is 1. The zero-order chi connectivity index (χ0) is 13.2. The van der Waals surface area contributed by atoms with E-state index in [-0.39, 0.29) is 5.91 Å². The van der Waals surface area contributed by atoms with Crippen molar-refractivity contribution in [2.45, 2.75) is 44.8 Å². The number of carbonyl (C=O) groups is 1. The zero-order valence-corrected chi connectivity index (χ0v) is 11.2. The minimum Gasteiger partial charge on any atom is -0.479 e. The molecule has 0 spiro atoms. The summed E-state index contributed by atoms with van der Waals surface area (Å²) < 4.78 is 5.83. The molecule has 4 nitrogen and oxygen atoms in total. The van der Waals surface area contributed by atoms with Crippen molar-refractivity contribution < 1.29 is 9.53 Å². The topological polar surface area (TPSA) is 50.4 Å². The predicted octanol–water partition coefficient (Wildman–Crippen LogP) is 2.09. The third-order valence-corrected chi connectivity index (χ3v) is 3.63. The molecular weight excluding hydrogens is 240 g/mol. The molecule has 0 aromatic heterocycles. The highest BCUT2D eigenvalue weighted by atomic mass is 16.5. The second kappa shape index (κ2) is 5.11. The van der Waals surface area contributed by atoms with Gasteiger partial charge in [-0.1, -0.05) is 12.1 Å². The van der Waals surface area contributed by atoms with Crippen LogP contribution in [-0.2, 0) is 11.2 Å². The fraction of sp³-hybridized carbons (Fsp3) is 0.533. The number of hydrogen-bond donors (Lipinski definition) is 2. The van der Waals surface area contributed by atoms with Crippen LogP contribution < -0.4 is 15.4 Å². The van der Waals surface area contributed by atoms with E-state index < -0.39 is 6.10 Å². The van der Waals surface area contributed by atoms with Gasteiger partial charge in [-0.25, -0.2) is 0 Å². The quantitative estimate of drug-likeness (QED) is 0.871. The van der Waals surface area contributed by atoms with Crippen LogP contribution in [0.5, 0.6) is 5.75 Å². The van der Waals surface area contributed by atoms with E-state index in [0.29, 0.717) is 6.04 Å². The van der Waals surface area contributed by atoms with Crippen LogP contribution in [0.15, 0.2) is 18.2 Å². The molecule has 1 heterocycles. The largest absolute Gasteiger partial charge is 0.479 e. The second-order valence-electron chi connectivity index (χ2n) is 5.36. The summed E-state index contributed by atoms with van der Waals surface area (Å²) >= 11 is 0. The first-order valence-corrected chi connectivity index (χ1v) is 7.07. The lowest BCUT2D eigenvalue weighted by atomic mass is 10.0. The average Bonchev–Trinajstić information content (AvgIpc) is 3.23. The first-order chi connectivity index (χ1) is 9.24. The monoisotopic (exact) mass is 260 g/mol. The number of amides is 1. The fourth-order valence-corrected chi connectivity index (χ4v) is 2.37. The second-order valence-corrected chi connectivity index (χ2v) is 5.36. The predicted molar refractivity (Wildman–Crippen MR) is 74.5 cm³/mol. The van der Waals surface area contributed by atoms with Gasteiger partial charge in [-0.05, 0) is 44.2 Å². The maximum Gasteiger partial charge on any atom is 0.260 e.